The van der Waals surface area contributed by atoms with Crippen molar-refractivity contribution < 1.29 is 23.8 Å². The van der Waals surface area contributed by atoms with E-state index in [-0.39, 0.29) is 36.1 Å². The Kier molecular flexibility index (Phi) is 8.02. The highest BCUT2D eigenvalue weighted by atomic mass is 16.6. The van der Waals surface area contributed by atoms with Crippen molar-refractivity contribution in [3.63, 3.8) is 0 Å². The zero-order valence-corrected chi connectivity index (χ0v) is 18.9. The number of fused-ring (bicyclic) bond motifs is 1. The molecule has 0 N–H and O–H groups in total. The maximum absolute atomic E-state index is 13.4. The topological polar surface area (TPSA) is 74.2 Å². The van der Waals surface area contributed by atoms with Crippen molar-refractivity contribution in [2.75, 3.05) is 27.4 Å². The van der Waals surface area contributed by atoms with E-state index < -0.39 is 5.92 Å². The summed E-state index contributed by atoms with van der Waals surface area (Å²) in [5.41, 5.74) is 2.49. The van der Waals surface area contributed by atoms with Crippen LogP contribution in [0.4, 0.5) is 0 Å². The normalized spacial score (nSPS) is 25.4. The van der Waals surface area contributed by atoms with Gasteiger partial charge in [0.05, 0.1) is 25.6 Å². The molecule has 4 unspecified atom stereocenters. The largest absolute Gasteiger partial charge is 0.496 e. The number of carbonyl (C=O) groups is 2. The van der Waals surface area contributed by atoms with Crippen LogP contribution in [0.15, 0.2) is 41.0 Å². The number of rotatable bonds is 9. The lowest BCUT2D eigenvalue weighted by molar-refractivity contribution is -0.150. The minimum atomic E-state index is -0.489. The summed E-state index contributed by atoms with van der Waals surface area (Å²) in [6.07, 6.45) is 5.23. The van der Waals surface area contributed by atoms with Crippen LogP contribution in [0.1, 0.15) is 51.0 Å². The molecule has 1 heterocycles. The fourth-order valence-corrected chi connectivity index (χ4v) is 4.82. The molecule has 4 atom stereocenters. The Morgan fingerprint density at radius 1 is 1.19 bits per heavy atom. The molecule has 1 aliphatic heterocycles. The highest BCUT2D eigenvalue weighted by molar-refractivity contribution is 6.04. The number of ether oxygens (including phenoxy) is 3. The second kappa shape index (κ2) is 10.7. The molecule has 2 aliphatic rings. The van der Waals surface area contributed by atoms with Crippen LogP contribution in [0, 0.1) is 17.8 Å². The summed E-state index contributed by atoms with van der Waals surface area (Å²) in [6, 6.07) is 7.79. The SMILES string of the molecule is CCCCC1C2C(=O)CC(c3ccccc3OC)C=C2N=C(C)C1C(=O)OCCOC. The Bertz CT molecular complexity index is 859. The highest BCUT2D eigenvalue weighted by Gasteiger charge is 2.47. The molecule has 0 amide bonds. The first-order chi connectivity index (χ1) is 15.0. The van der Waals surface area contributed by atoms with Gasteiger partial charge < -0.3 is 14.2 Å². The molecule has 31 heavy (non-hydrogen) atoms. The number of para-hydroxylation sites is 1. The molecule has 0 saturated heterocycles. The Labute approximate surface area is 184 Å². The van der Waals surface area contributed by atoms with Gasteiger partial charge in [-0.15, -0.1) is 0 Å². The van der Waals surface area contributed by atoms with Crippen LogP contribution >= 0.6 is 0 Å². The van der Waals surface area contributed by atoms with Crippen LogP contribution in [0.2, 0.25) is 0 Å². The summed E-state index contributed by atoms with van der Waals surface area (Å²) >= 11 is 0. The maximum atomic E-state index is 13.4. The van der Waals surface area contributed by atoms with Gasteiger partial charge in [-0.05, 0) is 25.3 Å². The lowest BCUT2D eigenvalue weighted by Gasteiger charge is -2.39. The predicted octanol–water partition coefficient (Wildman–Crippen LogP) is 4.34. The van der Waals surface area contributed by atoms with Gasteiger partial charge in [-0.25, -0.2) is 0 Å². The van der Waals surface area contributed by atoms with Crippen molar-refractivity contribution in [1.82, 2.24) is 0 Å². The van der Waals surface area contributed by atoms with E-state index >= 15 is 0 Å². The van der Waals surface area contributed by atoms with E-state index in [0.29, 0.717) is 13.0 Å². The zero-order chi connectivity index (χ0) is 22.4. The van der Waals surface area contributed by atoms with Gasteiger partial charge >= 0.3 is 5.97 Å². The van der Waals surface area contributed by atoms with Gasteiger partial charge in [0.25, 0.3) is 0 Å². The summed E-state index contributed by atoms with van der Waals surface area (Å²) in [7, 11) is 3.21. The minimum absolute atomic E-state index is 0.0801. The molecular weight excluding hydrogens is 394 g/mol. The first kappa shape index (κ1) is 23.2. The maximum Gasteiger partial charge on any atom is 0.315 e. The number of hydrogen-bond acceptors (Lipinski definition) is 6. The van der Waals surface area contributed by atoms with E-state index in [4.69, 9.17) is 19.2 Å². The van der Waals surface area contributed by atoms with E-state index in [9.17, 15) is 9.59 Å². The van der Waals surface area contributed by atoms with Gasteiger partial charge in [-0.3, -0.25) is 14.6 Å². The van der Waals surface area contributed by atoms with Crippen LogP contribution in [-0.4, -0.2) is 44.9 Å². The molecule has 0 saturated carbocycles. The molecule has 1 aromatic rings. The number of nitrogens with zero attached hydrogens (tertiary/aromatic N) is 1. The Morgan fingerprint density at radius 2 is 1.97 bits per heavy atom. The quantitative estimate of drug-likeness (QED) is 0.433. The minimum Gasteiger partial charge on any atom is -0.496 e. The molecule has 0 bridgehead atoms. The third kappa shape index (κ3) is 5.06. The van der Waals surface area contributed by atoms with Gasteiger partial charge in [0, 0.05) is 36.4 Å². The molecular formula is C25H33NO5. The molecule has 168 valence electrons. The lowest BCUT2D eigenvalue weighted by atomic mass is 9.67. The summed E-state index contributed by atoms with van der Waals surface area (Å²) in [5.74, 6) is -0.445. The van der Waals surface area contributed by atoms with Gasteiger partial charge in [-0.2, -0.15) is 0 Å². The van der Waals surface area contributed by atoms with Crippen molar-refractivity contribution in [1.29, 1.82) is 0 Å². The number of hydrogen-bond donors (Lipinski definition) is 0. The number of aliphatic imine (C=N–C) groups is 1. The fraction of sp³-hybridized carbons (Fsp3) is 0.560. The second-order valence-electron chi connectivity index (χ2n) is 8.29. The number of esters is 1. The summed E-state index contributed by atoms with van der Waals surface area (Å²) in [5, 5.41) is 0. The third-order valence-electron chi connectivity index (χ3n) is 6.29. The smallest absolute Gasteiger partial charge is 0.315 e. The lowest BCUT2D eigenvalue weighted by Crippen LogP contribution is -2.44. The van der Waals surface area contributed by atoms with Crippen LogP contribution < -0.4 is 4.74 Å². The molecule has 1 aromatic carbocycles. The first-order valence-corrected chi connectivity index (χ1v) is 11.1. The summed E-state index contributed by atoms with van der Waals surface area (Å²) < 4.78 is 16.0. The number of methoxy groups -OCH3 is 2. The number of ketones is 1. The molecule has 6 heteroatoms. The number of allylic oxidation sites excluding steroid dienone is 2. The van der Waals surface area contributed by atoms with Crippen molar-refractivity contribution in [3.05, 3.63) is 41.6 Å². The van der Waals surface area contributed by atoms with Crippen LogP contribution in [0.3, 0.4) is 0 Å². The van der Waals surface area contributed by atoms with Crippen LogP contribution in [0.25, 0.3) is 0 Å². The van der Waals surface area contributed by atoms with E-state index in [0.717, 1.165) is 42.0 Å². The highest BCUT2D eigenvalue weighted by Crippen LogP contribution is 2.45. The van der Waals surface area contributed by atoms with Gasteiger partial charge in [0.15, 0.2) is 0 Å². The van der Waals surface area contributed by atoms with Crippen molar-refractivity contribution in [3.8, 4) is 5.75 Å². The molecule has 0 aromatic heterocycles. The third-order valence-corrected chi connectivity index (χ3v) is 6.29. The van der Waals surface area contributed by atoms with E-state index in [1.807, 2.05) is 31.2 Å². The van der Waals surface area contributed by atoms with Crippen LogP contribution in [0.5, 0.6) is 5.75 Å². The van der Waals surface area contributed by atoms with E-state index in [2.05, 4.69) is 13.0 Å². The van der Waals surface area contributed by atoms with E-state index in [1.54, 1.807) is 14.2 Å². The van der Waals surface area contributed by atoms with Gasteiger partial charge in [-0.1, -0.05) is 44.0 Å². The molecule has 0 radical (unpaired) electrons. The van der Waals surface area contributed by atoms with Crippen LogP contribution in [-0.2, 0) is 19.1 Å². The molecule has 0 spiro atoms. The Morgan fingerprint density at radius 3 is 2.68 bits per heavy atom. The molecule has 3 rings (SSSR count). The average Bonchev–Trinajstić information content (AvgIpc) is 2.76. The van der Waals surface area contributed by atoms with E-state index in [1.165, 1.54) is 0 Å². The number of carbonyl (C=O) groups excluding carboxylic acids is 2. The Balaban J connectivity index is 1.96. The second-order valence-corrected chi connectivity index (χ2v) is 8.29. The summed E-state index contributed by atoms with van der Waals surface area (Å²) in [6.45, 7) is 4.54. The number of unbranched alkanes of at least 4 members (excludes halogenated alkanes) is 1. The monoisotopic (exact) mass is 427 g/mol. The average molecular weight is 428 g/mol. The standard InChI is InChI=1S/C25H33NO5/c1-5-6-9-19-23(25(28)31-13-12-29-3)16(2)26-20-14-17(15-21(27)24(19)20)18-10-7-8-11-22(18)30-4/h7-8,10-11,14,17,19,23-24H,5-6,9,12-13,15H2,1-4H3. The first-order valence-electron chi connectivity index (χ1n) is 11.1. The van der Waals surface area contributed by atoms with Gasteiger partial charge in [0.2, 0.25) is 0 Å². The molecule has 0 fully saturated rings. The van der Waals surface area contributed by atoms with Crippen molar-refractivity contribution in [2.45, 2.75) is 45.4 Å². The number of Topliss-reactive ketones (excluding diaryl/α,β-unsaturated/α-hetero) is 1. The van der Waals surface area contributed by atoms with Crippen molar-refractivity contribution in [2.24, 2.45) is 22.7 Å². The van der Waals surface area contributed by atoms with Crippen molar-refractivity contribution >= 4 is 17.5 Å². The Hall–Kier alpha value is -2.47. The molecule has 1 aliphatic carbocycles. The fourth-order valence-electron chi connectivity index (χ4n) is 4.82. The summed E-state index contributed by atoms with van der Waals surface area (Å²) in [4.78, 5) is 31.1. The van der Waals surface area contributed by atoms with Gasteiger partial charge in [0.1, 0.15) is 18.1 Å². The predicted molar refractivity (Wildman–Crippen MR) is 119 cm³/mol. The molecule has 6 nitrogen and oxygen atoms in total. The zero-order valence-electron chi connectivity index (χ0n) is 18.9. The number of benzene rings is 1.